The van der Waals surface area contributed by atoms with Crippen molar-refractivity contribution in [2.24, 2.45) is 0 Å². The molecular weight excluding hydrogens is 308 g/mol. The standard InChI is InChI=1S/C23H32O2/c1-4-5-6-7-12-17-25-22-16-11-9-14-20(22)23(2,3)18-19-13-8-10-15-21(19)24/h8-11,13-16,24H,4-7,12,17-18H2,1-3H3. The summed E-state index contributed by atoms with van der Waals surface area (Å²) in [6, 6.07) is 15.9. The van der Waals surface area contributed by atoms with Gasteiger partial charge in [0.2, 0.25) is 0 Å². The smallest absolute Gasteiger partial charge is 0.123 e. The molecule has 1 N–H and O–H groups in total. The zero-order valence-corrected chi connectivity index (χ0v) is 15.9. The topological polar surface area (TPSA) is 29.5 Å². The van der Waals surface area contributed by atoms with Gasteiger partial charge in [0, 0.05) is 5.56 Å². The second-order valence-corrected chi connectivity index (χ2v) is 7.45. The predicted octanol–water partition coefficient (Wildman–Crippen LogP) is 6.26. The van der Waals surface area contributed by atoms with Crippen molar-refractivity contribution in [1.82, 2.24) is 0 Å². The van der Waals surface area contributed by atoms with Gasteiger partial charge in [-0.05, 0) is 36.0 Å². The predicted molar refractivity (Wildman–Crippen MR) is 106 cm³/mol. The zero-order valence-electron chi connectivity index (χ0n) is 15.9. The van der Waals surface area contributed by atoms with Gasteiger partial charge in [-0.3, -0.25) is 0 Å². The van der Waals surface area contributed by atoms with Gasteiger partial charge in [0.25, 0.3) is 0 Å². The number of phenolic OH excluding ortho intramolecular Hbond substituents is 1. The maximum Gasteiger partial charge on any atom is 0.123 e. The first-order valence-electron chi connectivity index (χ1n) is 9.54. The van der Waals surface area contributed by atoms with Crippen LogP contribution in [0.5, 0.6) is 11.5 Å². The second kappa shape index (κ2) is 9.50. The number of aromatic hydroxyl groups is 1. The normalized spacial score (nSPS) is 11.5. The molecule has 136 valence electrons. The molecule has 2 nitrogen and oxygen atoms in total. The molecule has 0 amide bonds. The van der Waals surface area contributed by atoms with Gasteiger partial charge in [0.15, 0.2) is 0 Å². The van der Waals surface area contributed by atoms with Gasteiger partial charge in [0.05, 0.1) is 6.61 Å². The molecule has 0 aliphatic carbocycles. The summed E-state index contributed by atoms with van der Waals surface area (Å²) in [7, 11) is 0. The summed E-state index contributed by atoms with van der Waals surface area (Å²) in [6.07, 6.45) is 6.98. The Balaban J connectivity index is 2.03. The highest BCUT2D eigenvalue weighted by molar-refractivity contribution is 5.42. The SMILES string of the molecule is CCCCCCCOc1ccccc1C(C)(C)Cc1ccccc1O. The minimum absolute atomic E-state index is 0.113. The Labute approximate surface area is 152 Å². The van der Waals surface area contributed by atoms with Crippen LogP contribution in [0.15, 0.2) is 48.5 Å². The Morgan fingerprint density at radius 2 is 1.56 bits per heavy atom. The zero-order chi connectivity index (χ0) is 18.1. The lowest BCUT2D eigenvalue weighted by Crippen LogP contribution is -2.22. The molecule has 0 aromatic heterocycles. The Hall–Kier alpha value is -1.96. The number of rotatable bonds is 10. The van der Waals surface area contributed by atoms with E-state index < -0.39 is 0 Å². The Morgan fingerprint density at radius 3 is 2.32 bits per heavy atom. The first-order chi connectivity index (χ1) is 12.0. The molecule has 0 heterocycles. The van der Waals surface area contributed by atoms with E-state index in [4.69, 9.17) is 4.74 Å². The van der Waals surface area contributed by atoms with Crippen LogP contribution in [0.4, 0.5) is 0 Å². The molecule has 0 saturated heterocycles. The molecule has 0 fully saturated rings. The fourth-order valence-corrected chi connectivity index (χ4v) is 3.27. The minimum atomic E-state index is -0.113. The van der Waals surface area contributed by atoms with E-state index in [1.54, 1.807) is 6.07 Å². The van der Waals surface area contributed by atoms with Gasteiger partial charge in [-0.1, -0.05) is 82.9 Å². The number of benzene rings is 2. The largest absolute Gasteiger partial charge is 0.508 e. The van der Waals surface area contributed by atoms with Crippen molar-refractivity contribution in [2.45, 2.75) is 64.7 Å². The fourth-order valence-electron chi connectivity index (χ4n) is 3.27. The maximum absolute atomic E-state index is 10.1. The molecule has 25 heavy (non-hydrogen) atoms. The molecule has 0 aliphatic heterocycles. The quantitative estimate of drug-likeness (QED) is 0.517. The lowest BCUT2D eigenvalue weighted by Gasteiger charge is -2.28. The Morgan fingerprint density at radius 1 is 0.880 bits per heavy atom. The van der Waals surface area contributed by atoms with Crippen molar-refractivity contribution in [1.29, 1.82) is 0 Å². The number of para-hydroxylation sites is 2. The Bertz CT molecular complexity index is 646. The van der Waals surface area contributed by atoms with Gasteiger partial charge in [0.1, 0.15) is 11.5 Å². The van der Waals surface area contributed by atoms with Crippen molar-refractivity contribution in [3.8, 4) is 11.5 Å². The number of hydrogen-bond donors (Lipinski definition) is 1. The average molecular weight is 341 g/mol. The van der Waals surface area contributed by atoms with Crippen molar-refractivity contribution in [2.75, 3.05) is 6.61 Å². The molecular formula is C23H32O2. The molecule has 2 rings (SSSR count). The third-order valence-corrected chi connectivity index (χ3v) is 4.75. The van der Waals surface area contributed by atoms with E-state index in [9.17, 15) is 5.11 Å². The van der Waals surface area contributed by atoms with Crippen LogP contribution in [0.1, 0.15) is 64.0 Å². The van der Waals surface area contributed by atoms with Crippen LogP contribution < -0.4 is 4.74 Å². The molecule has 0 unspecified atom stereocenters. The summed E-state index contributed by atoms with van der Waals surface area (Å²) >= 11 is 0. The number of phenols is 1. The molecule has 0 atom stereocenters. The van der Waals surface area contributed by atoms with Gasteiger partial charge < -0.3 is 9.84 Å². The van der Waals surface area contributed by atoms with E-state index in [-0.39, 0.29) is 5.41 Å². The summed E-state index contributed by atoms with van der Waals surface area (Å²) in [5, 5.41) is 10.1. The molecule has 0 aliphatic rings. The average Bonchev–Trinajstić information content (AvgIpc) is 2.60. The summed E-state index contributed by atoms with van der Waals surface area (Å²) in [5.74, 6) is 1.34. The number of unbranched alkanes of at least 4 members (excludes halogenated alkanes) is 4. The van der Waals surface area contributed by atoms with Crippen LogP contribution in [0.3, 0.4) is 0 Å². The highest BCUT2D eigenvalue weighted by atomic mass is 16.5. The van der Waals surface area contributed by atoms with Crippen molar-refractivity contribution in [3.63, 3.8) is 0 Å². The lowest BCUT2D eigenvalue weighted by molar-refractivity contribution is 0.295. The van der Waals surface area contributed by atoms with E-state index >= 15 is 0 Å². The van der Waals surface area contributed by atoms with Crippen LogP contribution in [-0.2, 0) is 11.8 Å². The van der Waals surface area contributed by atoms with Gasteiger partial charge in [-0.25, -0.2) is 0 Å². The second-order valence-electron chi connectivity index (χ2n) is 7.45. The van der Waals surface area contributed by atoms with Crippen molar-refractivity contribution >= 4 is 0 Å². The van der Waals surface area contributed by atoms with Gasteiger partial charge in [-0.2, -0.15) is 0 Å². The molecule has 0 radical (unpaired) electrons. The minimum Gasteiger partial charge on any atom is -0.508 e. The van der Waals surface area contributed by atoms with Crippen LogP contribution in [0, 0.1) is 0 Å². The van der Waals surface area contributed by atoms with E-state index in [0.717, 1.165) is 30.8 Å². The van der Waals surface area contributed by atoms with E-state index in [0.29, 0.717) is 5.75 Å². The van der Waals surface area contributed by atoms with Gasteiger partial charge >= 0.3 is 0 Å². The molecule has 2 aromatic carbocycles. The van der Waals surface area contributed by atoms with Crippen molar-refractivity contribution in [3.05, 3.63) is 59.7 Å². The monoisotopic (exact) mass is 340 g/mol. The third-order valence-electron chi connectivity index (χ3n) is 4.75. The highest BCUT2D eigenvalue weighted by Gasteiger charge is 2.25. The first kappa shape index (κ1) is 19.4. The van der Waals surface area contributed by atoms with Crippen LogP contribution in [-0.4, -0.2) is 11.7 Å². The molecule has 0 bridgehead atoms. The van der Waals surface area contributed by atoms with E-state index in [1.165, 1.54) is 31.2 Å². The van der Waals surface area contributed by atoms with E-state index in [1.807, 2.05) is 24.3 Å². The summed E-state index contributed by atoms with van der Waals surface area (Å²) in [5.41, 5.74) is 2.06. The van der Waals surface area contributed by atoms with Crippen LogP contribution >= 0.6 is 0 Å². The fraction of sp³-hybridized carbons (Fsp3) is 0.478. The van der Waals surface area contributed by atoms with Crippen LogP contribution in [0.2, 0.25) is 0 Å². The molecule has 2 aromatic rings. The third kappa shape index (κ3) is 5.81. The maximum atomic E-state index is 10.1. The molecule has 2 heteroatoms. The lowest BCUT2D eigenvalue weighted by atomic mass is 9.78. The summed E-state index contributed by atoms with van der Waals surface area (Å²) in [6.45, 7) is 7.43. The van der Waals surface area contributed by atoms with Crippen molar-refractivity contribution < 1.29 is 9.84 Å². The van der Waals surface area contributed by atoms with Gasteiger partial charge in [-0.15, -0.1) is 0 Å². The van der Waals surface area contributed by atoms with Crippen LogP contribution in [0.25, 0.3) is 0 Å². The molecule has 0 spiro atoms. The Kier molecular flexibility index (Phi) is 7.36. The van der Waals surface area contributed by atoms with E-state index in [2.05, 4.69) is 39.0 Å². The summed E-state index contributed by atoms with van der Waals surface area (Å²) in [4.78, 5) is 0. The molecule has 0 saturated carbocycles. The summed E-state index contributed by atoms with van der Waals surface area (Å²) < 4.78 is 6.11. The first-order valence-corrected chi connectivity index (χ1v) is 9.54. The highest BCUT2D eigenvalue weighted by Crippen LogP contribution is 2.36. The number of hydrogen-bond acceptors (Lipinski definition) is 2. The number of ether oxygens (including phenoxy) is 1.